The summed E-state index contributed by atoms with van der Waals surface area (Å²) in [5, 5.41) is 26.5. The molecule has 0 bridgehead atoms. The quantitative estimate of drug-likeness (QED) is 0.183. The molecule has 1 fully saturated rings. The lowest BCUT2D eigenvalue weighted by molar-refractivity contribution is -0.142. The number of hydrogen-bond acceptors (Lipinski definition) is 8. The molecule has 2 aliphatic heterocycles. The van der Waals surface area contributed by atoms with Crippen LogP contribution in [0.2, 0.25) is 5.02 Å². The Hall–Kier alpha value is -5.14. The normalized spacial score (nSPS) is 17.4. The number of amides is 2. The van der Waals surface area contributed by atoms with E-state index in [-0.39, 0.29) is 21.8 Å². The molecule has 1 aromatic heterocycles. The van der Waals surface area contributed by atoms with Gasteiger partial charge in [0.2, 0.25) is 5.91 Å². The summed E-state index contributed by atoms with van der Waals surface area (Å²) in [7, 11) is 0. The van der Waals surface area contributed by atoms with Gasteiger partial charge in [0.05, 0.1) is 22.9 Å². The minimum atomic E-state index is -1.12. The fourth-order valence-electron chi connectivity index (χ4n) is 6.69. The van der Waals surface area contributed by atoms with Crippen molar-refractivity contribution in [2.24, 2.45) is 5.92 Å². The van der Waals surface area contributed by atoms with Crippen molar-refractivity contribution in [2.75, 3.05) is 25.0 Å². The lowest BCUT2D eigenvalue weighted by Gasteiger charge is -2.47. The van der Waals surface area contributed by atoms with E-state index in [0.717, 1.165) is 37.9 Å². The van der Waals surface area contributed by atoms with Crippen molar-refractivity contribution >= 4 is 41.1 Å². The average molecular weight is 702 g/mol. The Balaban J connectivity index is 1.35. The molecule has 3 aromatic carbocycles. The molecule has 0 aliphatic carbocycles. The highest BCUT2D eigenvalue weighted by molar-refractivity contribution is 6.31. The number of carboxylic acid groups (broad SMARTS) is 1. The van der Waals surface area contributed by atoms with Gasteiger partial charge in [-0.25, -0.2) is 9.18 Å². The van der Waals surface area contributed by atoms with Crippen molar-refractivity contribution in [1.82, 2.24) is 30.4 Å². The van der Waals surface area contributed by atoms with E-state index in [0.29, 0.717) is 35.9 Å². The molecule has 4 aromatic rings. The maximum atomic E-state index is 15.4. The van der Waals surface area contributed by atoms with Gasteiger partial charge in [0, 0.05) is 28.4 Å². The van der Waals surface area contributed by atoms with E-state index in [9.17, 15) is 19.5 Å². The first-order valence-electron chi connectivity index (χ1n) is 16.4. The molecule has 3 N–H and O–H groups in total. The second-order valence-electron chi connectivity index (χ2n) is 13.0. The van der Waals surface area contributed by atoms with E-state index in [1.165, 1.54) is 64.5 Å². The Morgan fingerprint density at radius 2 is 1.88 bits per heavy atom. The second kappa shape index (κ2) is 14.8. The van der Waals surface area contributed by atoms with E-state index in [4.69, 9.17) is 16.3 Å². The molecular formula is C36H37ClFN7O5. The van der Waals surface area contributed by atoms with Gasteiger partial charge >= 0.3 is 5.97 Å². The predicted molar refractivity (Wildman–Crippen MR) is 185 cm³/mol. The summed E-state index contributed by atoms with van der Waals surface area (Å²) in [5.74, 6) is -1.70. The van der Waals surface area contributed by atoms with Crippen LogP contribution in [0.5, 0.6) is 5.75 Å². The largest absolute Gasteiger partial charge is 0.493 e. The molecule has 0 unspecified atom stereocenters. The lowest BCUT2D eigenvalue weighted by Crippen LogP contribution is -2.56. The van der Waals surface area contributed by atoms with Crippen molar-refractivity contribution in [3.05, 3.63) is 100 Å². The monoisotopic (exact) mass is 701 g/mol. The number of aromatic nitrogens is 4. The van der Waals surface area contributed by atoms with Gasteiger partial charge in [-0.3, -0.25) is 9.59 Å². The Bertz CT molecular complexity index is 1910. The van der Waals surface area contributed by atoms with Crippen LogP contribution in [0.1, 0.15) is 66.2 Å². The molecule has 260 valence electrons. The van der Waals surface area contributed by atoms with Crippen LogP contribution in [0, 0.1) is 11.7 Å². The Morgan fingerprint density at radius 3 is 2.58 bits per heavy atom. The SMILES string of the molecule is CC1(C)Cc2c(OCCC3CCNCC3)cccc2[C@@H](C(=O)Nc2ccc(C(=O)O)cc2)N1C(=O)/C=C/c1c(-n2cnnn2)ccc(Cl)c1F. The van der Waals surface area contributed by atoms with Crippen LogP contribution >= 0.6 is 11.6 Å². The summed E-state index contributed by atoms with van der Waals surface area (Å²) >= 11 is 6.11. The molecular weight excluding hydrogens is 665 g/mol. The lowest BCUT2D eigenvalue weighted by atomic mass is 9.80. The second-order valence-corrected chi connectivity index (χ2v) is 13.4. The van der Waals surface area contributed by atoms with Gasteiger partial charge in [-0.1, -0.05) is 23.7 Å². The Morgan fingerprint density at radius 1 is 1.12 bits per heavy atom. The van der Waals surface area contributed by atoms with Crippen LogP contribution in [-0.4, -0.2) is 73.2 Å². The molecule has 12 nitrogen and oxygen atoms in total. The van der Waals surface area contributed by atoms with E-state index in [2.05, 4.69) is 26.2 Å². The Kier molecular flexibility index (Phi) is 10.3. The molecule has 6 rings (SSSR count). The third-order valence-corrected chi connectivity index (χ3v) is 9.50. The number of carbonyl (C=O) groups excluding carboxylic acids is 2. The Labute approximate surface area is 293 Å². The predicted octanol–water partition coefficient (Wildman–Crippen LogP) is 5.48. The molecule has 0 radical (unpaired) electrons. The molecule has 0 saturated carbocycles. The maximum Gasteiger partial charge on any atom is 0.335 e. The number of carbonyl (C=O) groups is 3. The number of aromatic carboxylic acids is 1. The smallest absolute Gasteiger partial charge is 0.335 e. The summed E-state index contributed by atoms with van der Waals surface area (Å²) in [6, 6.07) is 13.0. The molecule has 14 heteroatoms. The van der Waals surface area contributed by atoms with E-state index >= 15 is 4.39 Å². The first kappa shape index (κ1) is 34.7. The maximum absolute atomic E-state index is 15.4. The summed E-state index contributed by atoms with van der Waals surface area (Å²) in [6.07, 6.45) is 7.28. The highest BCUT2D eigenvalue weighted by atomic mass is 35.5. The van der Waals surface area contributed by atoms with Crippen molar-refractivity contribution in [3.63, 3.8) is 0 Å². The minimum Gasteiger partial charge on any atom is -0.493 e. The summed E-state index contributed by atoms with van der Waals surface area (Å²) < 4.78 is 23.0. The number of carboxylic acids is 1. The summed E-state index contributed by atoms with van der Waals surface area (Å²) in [5.41, 5.74) is 1.16. The van der Waals surface area contributed by atoms with Crippen molar-refractivity contribution in [1.29, 1.82) is 0 Å². The standard InChI is InChI=1S/C36H37ClFN7O5/c1-36(2)20-27-25(4-3-5-30(27)50-19-16-22-14-17-39-18-15-22)33(34(47)41-24-8-6-23(7-9-24)35(48)49)45(36)31(46)13-10-26-29(44-21-40-42-43-44)12-11-28(37)32(26)38/h3-13,21-22,33,39H,14-20H2,1-2H3,(H,41,47)(H,48,49)/b13-10+/t33-/m0/s1. The van der Waals surface area contributed by atoms with Gasteiger partial charge < -0.3 is 25.4 Å². The molecule has 1 saturated heterocycles. The number of benzene rings is 3. The van der Waals surface area contributed by atoms with Crippen LogP contribution in [-0.2, 0) is 16.0 Å². The highest BCUT2D eigenvalue weighted by Crippen LogP contribution is 2.43. The number of fused-ring (bicyclic) bond motifs is 1. The molecule has 0 spiro atoms. The molecule has 50 heavy (non-hydrogen) atoms. The van der Waals surface area contributed by atoms with Gasteiger partial charge in [-0.05, 0) is 123 Å². The van der Waals surface area contributed by atoms with Crippen molar-refractivity contribution < 1.29 is 28.6 Å². The van der Waals surface area contributed by atoms with Gasteiger partial charge in [-0.15, -0.1) is 5.10 Å². The first-order chi connectivity index (χ1) is 24.0. The number of halogens is 2. The zero-order chi connectivity index (χ0) is 35.4. The number of tetrazole rings is 1. The number of ether oxygens (including phenoxy) is 1. The van der Waals surface area contributed by atoms with Crippen LogP contribution in [0.25, 0.3) is 11.8 Å². The zero-order valence-corrected chi connectivity index (χ0v) is 28.4. The third-order valence-electron chi connectivity index (χ3n) is 9.21. The van der Waals surface area contributed by atoms with E-state index in [1.807, 2.05) is 19.9 Å². The van der Waals surface area contributed by atoms with E-state index < -0.39 is 35.2 Å². The fraction of sp³-hybridized carbons (Fsp3) is 0.333. The fourth-order valence-corrected chi connectivity index (χ4v) is 6.85. The van der Waals surface area contributed by atoms with Crippen molar-refractivity contribution in [2.45, 2.75) is 51.1 Å². The minimum absolute atomic E-state index is 0.0164. The van der Waals surface area contributed by atoms with Crippen LogP contribution < -0.4 is 15.4 Å². The number of piperidine rings is 1. The van der Waals surface area contributed by atoms with Gasteiger partial charge in [0.1, 0.15) is 18.1 Å². The van der Waals surface area contributed by atoms with Crippen LogP contribution in [0.4, 0.5) is 10.1 Å². The highest BCUT2D eigenvalue weighted by Gasteiger charge is 2.46. The zero-order valence-electron chi connectivity index (χ0n) is 27.6. The topological polar surface area (TPSA) is 152 Å². The molecule has 2 aliphatic rings. The number of nitrogens with zero attached hydrogens (tertiary/aromatic N) is 5. The van der Waals surface area contributed by atoms with Gasteiger partial charge in [0.25, 0.3) is 5.91 Å². The van der Waals surface area contributed by atoms with Gasteiger partial charge in [-0.2, -0.15) is 4.68 Å². The average Bonchev–Trinajstić information content (AvgIpc) is 3.64. The van der Waals surface area contributed by atoms with Crippen LogP contribution in [0.3, 0.4) is 0 Å². The number of hydrogen-bond donors (Lipinski definition) is 3. The number of nitrogens with one attached hydrogen (secondary N) is 2. The van der Waals surface area contributed by atoms with Crippen molar-refractivity contribution in [3.8, 4) is 11.4 Å². The number of rotatable bonds is 10. The molecule has 1 atom stereocenters. The molecule has 2 amide bonds. The summed E-state index contributed by atoms with van der Waals surface area (Å²) in [4.78, 5) is 41.4. The van der Waals surface area contributed by atoms with Crippen LogP contribution in [0.15, 0.2) is 67.0 Å². The first-order valence-corrected chi connectivity index (χ1v) is 16.7. The molecule has 3 heterocycles. The third kappa shape index (κ3) is 7.38. The van der Waals surface area contributed by atoms with Gasteiger partial charge in [0.15, 0.2) is 5.82 Å². The van der Waals surface area contributed by atoms with E-state index in [1.54, 1.807) is 12.1 Å². The number of anilines is 1. The summed E-state index contributed by atoms with van der Waals surface area (Å²) in [6.45, 7) is 6.24.